The highest BCUT2D eigenvalue weighted by Crippen LogP contribution is 2.50. The van der Waals surface area contributed by atoms with E-state index in [1.807, 2.05) is 30.3 Å². The Morgan fingerprint density at radius 2 is 1.44 bits per heavy atom. The fourth-order valence-corrected chi connectivity index (χ4v) is 2.05. The van der Waals surface area contributed by atoms with E-state index in [1.165, 1.54) is 12.1 Å². The van der Waals surface area contributed by atoms with E-state index < -0.39 is 4.92 Å². The van der Waals surface area contributed by atoms with Crippen LogP contribution in [0.5, 0.6) is 0 Å². The average molecular weight is 241 g/mol. The minimum atomic E-state index is -0.397. The van der Waals surface area contributed by atoms with Crippen molar-refractivity contribution in [3.8, 4) is 0 Å². The van der Waals surface area contributed by atoms with Gasteiger partial charge in [-0.05, 0) is 23.3 Å². The number of non-ortho nitro benzene ring substituents is 1. The molecule has 0 amide bonds. The zero-order chi connectivity index (χ0) is 12.5. The van der Waals surface area contributed by atoms with Crippen LogP contribution in [0, 0.1) is 10.1 Å². The molecule has 1 aliphatic rings. The van der Waals surface area contributed by atoms with E-state index in [0.717, 1.165) is 11.1 Å². The van der Waals surface area contributed by atoms with Crippen LogP contribution in [0.2, 0.25) is 0 Å². The van der Waals surface area contributed by atoms with Crippen LogP contribution in [0.25, 0.3) is 0 Å². The van der Waals surface area contributed by atoms with Crippen LogP contribution in [0.15, 0.2) is 54.6 Å². The van der Waals surface area contributed by atoms with E-state index in [0.29, 0.717) is 0 Å². The molecule has 2 aromatic carbocycles. The first-order valence-electron chi connectivity index (χ1n) is 5.70. The number of hydrogen-bond acceptors (Lipinski definition) is 3. The summed E-state index contributed by atoms with van der Waals surface area (Å²) in [4.78, 5) is 10.2. The molecule has 1 heterocycles. The van der Waals surface area contributed by atoms with Crippen LogP contribution in [-0.4, -0.2) is 4.92 Å². The number of rotatable bonds is 3. The van der Waals surface area contributed by atoms with Gasteiger partial charge in [-0.3, -0.25) is 10.1 Å². The molecule has 0 unspecified atom stereocenters. The summed E-state index contributed by atoms with van der Waals surface area (Å²) in [5.74, 6) is 0. The molecule has 2 atom stereocenters. The van der Waals surface area contributed by atoms with Crippen molar-refractivity contribution in [1.29, 1.82) is 0 Å². The SMILES string of the molecule is O=[N+]([O-])c1ccc([C@@H]2O[C@H]2c2ccccc2)cc1. The van der Waals surface area contributed by atoms with Crippen LogP contribution in [0.1, 0.15) is 23.3 Å². The molecule has 3 rings (SSSR count). The van der Waals surface area contributed by atoms with E-state index >= 15 is 0 Å². The summed E-state index contributed by atoms with van der Waals surface area (Å²) in [6.07, 6.45) is 0.0980. The lowest BCUT2D eigenvalue weighted by molar-refractivity contribution is -0.384. The molecule has 1 fully saturated rings. The lowest BCUT2D eigenvalue weighted by Gasteiger charge is -1.97. The summed E-state index contributed by atoms with van der Waals surface area (Å²) in [5.41, 5.74) is 2.23. The summed E-state index contributed by atoms with van der Waals surface area (Å²) >= 11 is 0. The van der Waals surface area contributed by atoms with E-state index in [1.54, 1.807) is 12.1 Å². The van der Waals surface area contributed by atoms with Crippen LogP contribution in [-0.2, 0) is 4.74 Å². The Bertz CT molecular complexity index is 565. The zero-order valence-corrected chi connectivity index (χ0v) is 9.52. The monoisotopic (exact) mass is 241 g/mol. The standard InChI is InChI=1S/C14H11NO3/c16-15(17)12-8-6-11(7-9-12)14-13(18-14)10-4-2-1-3-5-10/h1-9,13-14H/t13-,14-/m0/s1. The number of benzene rings is 2. The summed E-state index contributed by atoms with van der Waals surface area (Å²) in [7, 11) is 0. The highest BCUT2D eigenvalue weighted by Gasteiger charge is 2.41. The predicted octanol–water partition coefficient (Wildman–Crippen LogP) is 3.41. The maximum absolute atomic E-state index is 10.6. The number of hydrogen-bond donors (Lipinski definition) is 0. The number of nitro benzene ring substituents is 1. The Kier molecular flexibility index (Phi) is 2.57. The molecule has 0 aliphatic carbocycles. The van der Waals surface area contributed by atoms with Gasteiger partial charge in [0, 0.05) is 12.1 Å². The van der Waals surface area contributed by atoms with Gasteiger partial charge in [-0.25, -0.2) is 0 Å². The molecule has 0 radical (unpaired) electrons. The second-order valence-corrected chi connectivity index (χ2v) is 4.24. The number of nitro groups is 1. The maximum Gasteiger partial charge on any atom is 0.269 e. The third kappa shape index (κ3) is 1.98. The first kappa shape index (κ1) is 10.9. The Labute approximate surface area is 104 Å². The van der Waals surface area contributed by atoms with Crippen molar-refractivity contribution in [2.45, 2.75) is 12.2 Å². The summed E-state index contributed by atoms with van der Waals surface area (Å²) in [6, 6.07) is 16.5. The Hall–Kier alpha value is -2.20. The molecule has 0 bridgehead atoms. The van der Waals surface area contributed by atoms with Gasteiger partial charge >= 0.3 is 0 Å². The van der Waals surface area contributed by atoms with Crippen LogP contribution in [0.4, 0.5) is 5.69 Å². The summed E-state index contributed by atoms with van der Waals surface area (Å²) in [5, 5.41) is 10.6. The van der Waals surface area contributed by atoms with Crippen molar-refractivity contribution < 1.29 is 9.66 Å². The Morgan fingerprint density at radius 3 is 2.00 bits per heavy atom. The summed E-state index contributed by atoms with van der Waals surface area (Å²) in [6.45, 7) is 0. The van der Waals surface area contributed by atoms with Crippen LogP contribution < -0.4 is 0 Å². The molecular weight excluding hydrogens is 230 g/mol. The fourth-order valence-electron chi connectivity index (χ4n) is 2.05. The topological polar surface area (TPSA) is 55.7 Å². The fraction of sp³-hybridized carbons (Fsp3) is 0.143. The second kappa shape index (κ2) is 4.23. The smallest absolute Gasteiger partial charge is 0.269 e. The highest BCUT2D eigenvalue weighted by molar-refractivity contribution is 5.37. The van der Waals surface area contributed by atoms with Crippen molar-refractivity contribution in [3.05, 3.63) is 75.8 Å². The number of epoxide rings is 1. The van der Waals surface area contributed by atoms with E-state index in [2.05, 4.69) is 0 Å². The van der Waals surface area contributed by atoms with E-state index in [9.17, 15) is 10.1 Å². The molecular formula is C14H11NO3. The van der Waals surface area contributed by atoms with Crippen LogP contribution in [0.3, 0.4) is 0 Å². The summed E-state index contributed by atoms with van der Waals surface area (Å²) < 4.78 is 5.62. The largest absolute Gasteiger partial charge is 0.359 e. The molecule has 4 nitrogen and oxygen atoms in total. The van der Waals surface area contributed by atoms with Gasteiger partial charge in [0.15, 0.2) is 0 Å². The molecule has 0 aromatic heterocycles. The van der Waals surface area contributed by atoms with Crippen LogP contribution >= 0.6 is 0 Å². The minimum Gasteiger partial charge on any atom is -0.359 e. The third-order valence-electron chi connectivity index (χ3n) is 3.05. The molecule has 90 valence electrons. The zero-order valence-electron chi connectivity index (χ0n) is 9.52. The van der Waals surface area contributed by atoms with Crippen molar-refractivity contribution in [2.75, 3.05) is 0 Å². The van der Waals surface area contributed by atoms with Gasteiger partial charge in [0.1, 0.15) is 12.2 Å². The average Bonchev–Trinajstić information content (AvgIpc) is 3.20. The van der Waals surface area contributed by atoms with E-state index in [4.69, 9.17) is 4.74 Å². The molecule has 18 heavy (non-hydrogen) atoms. The normalized spacial score (nSPS) is 21.6. The highest BCUT2D eigenvalue weighted by atomic mass is 16.6. The molecule has 0 spiro atoms. The van der Waals surface area contributed by atoms with Crippen molar-refractivity contribution in [2.24, 2.45) is 0 Å². The van der Waals surface area contributed by atoms with Gasteiger partial charge < -0.3 is 4.74 Å². The lowest BCUT2D eigenvalue weighted by Crippen LogP contribution is -1.89. The molecule has 2 aromatic rings. The molecule has 1 saturated heterocycles. The quantitative estimate of drug-likeness (QED) is 0.470. The number of nitrogens with zero attached hydrogens (tertiary/aromatic N) is 1. The van der Waals surface area contributed by atoms with Crippen molar-refractivity contribution in [1.82, 2.24) is 0 Å². The molecule has 4 heteroatoms. The molecule has 0 N–H and O–H groups in total. The predicted molar refractivity (Wildman–Crippen MR) is 66.1 cm³/mol. The third-order valence-corrected chi connectivity index (χ3v) is 3.05. The number of ether oxygens (including phenoxy) is 1. The Morgan fingerprint density at radius 1 is 0.889 bits per heavy atom. The maximum atomic E-state index is 10.6. The second-order valence-electron chi connectivity index (χ2n) is 4.24. The first-order chi connectivity index (χ1) is 8.75. The van der Waals surface area contributed by atoms with Gasteiger partial charge in [-0.2, -0.15) is 0 Å². The molecule has 0 saturated carbocycles. The first-order valence-corrected chi connectivity index (χ1v) is 5.70. The van der Waals surface area contributed by atoms with E-state index in [-0.39, 0.29) is 17.9 Å². The molecule has 1 aliphatic heterocycles. The van der Waals surface area contributed by atoms with Crippen molar-refractivity contribution in [3.63, 3.8) is 0 Å². The van der Waals surface area contributed by atoms with Gasteiger partial charge in [-0.15, -0.1) is 0 Å². The van der Waals surface area contributed by atoms with Crippen molar-refractivity contribution >= 4 is 5.69 Å². The van der Waals surface area contributed by atoms with Gasteiger partial charge in [0.05, 0.1) is 4.92 Å². The van der Waals surface area contributed by atoms with Gasteiger partial charge in [0.25, 0.3) is 5.69 Å². The van der Waals surface area contributed by atoms with Gasteiger partial charge in [-0.1, -0.05) is 30.3 Å². The lowest BCUT2D eigenvalue weighted by atomic mass is 10.0. The Balaban J connectivity index is 1.77. The van der Waals surface area contributed by atoms with Gasteiger partial charge in [0.2, 0.25) is 0 Å². The minimum absolute atomic E-state index is 0.0215.